The number of rotatable bonds is 9. The van der Waals surface area contributed by atoms with Crippen LogP contribution in [0.3, 0.4) is 0 Å². The van der Waals surface area contributed by atoms with Crippen LogP contribution in [-0.4, -0.2) is 39.1 Å². The van der Waals surface area contributed by atoms with Gasteiger partial charge in [0.15, 0.2) is 5.16 Å². The summed E-state index contributed by atoms with van der Waals surface area (Å²) in [6, 6.07) is 4.04. The van der Waals surface area contributed by atoms with E-state index in [-0.39, 0.29) is 12.0 Å². The minimum absolute atomic E-state index is 0.0362. The number of hydrogen-bond donors (Lipinski definition) is 1. The van der Waals surface area contributed by atoms with Gasteiger partial charge in [-0.15, -0.1) is 10.2 Å². The third kappa shape index (κ3) is 4.52. The van der Waals surface area contributed by atoms with Crippen LogP contribution in [0.15, 0.2) is 17.3 Å². The SMILES string of the molecule is CCOc1cc2c(cc1CNC(=O)CSc1nnc(C3CC3)n1CC)O[C@@H](C)C2. The molecule has 1 aromatic heterocycles. The van der Waals surface area contributed by atoms with Crippen molar-refractivity contribution in [2.24, 2.45) is 0 Å². The quantitative estimate of drug-likeness (QED) is 0.632. The van der Waals surface area contributed by atoms with Crippen molar-refractivity contribution in [1.29, 1.82) is 0 Å². The van der Waals surface area contributed by atoms with Crippen molar-refractivity contribution >= 4 is 17.7 Å². The molecule has 1 aromatic carbocycles. The lowest BCUT2D eigenvalue weighted by Gasteiger charge is -2.13. The predicted octanol–water partition coefficient (Wildman–Crippen LogP) is 3.31. The number of nitrogens with zero attached hydrogens (tertiary/aromatic N) is 3. The van der Waals surface area contributed by atoms with Gasteiger partial charge < -0.3 is 19.4 Å². The largest absolute Gasteiger partial charge is 0.494 e. The molecule has 1 saturated carbocycles. The minimum atomic E-state index is -0.0362. The fraction of sp³-hybridized carbons (Fsp3) is 0.571. The zero-order valence-electron chi connectivity index (χ0n) is 17.2. The molecule has 2 aromatic rings. The van der Waals surface area contributed by atoms with Crippen molar-refractivity contribution in [1.82, 2.24) is 20.1 Å². The molecular formula is C21H28N4O3S. The van der Waals surface area contributed by atoms with Gasteiger partial charge in [0.25, 0.3) is 0 Å². The first-order chi connectivity index (χ1) is 14.1. The summed E-state index contributed by atoms with van der Waals surface area (Å²) in [6.45, 7) is 7.93. The Kier molecular flexibility index (Phi) is 5.99. The van der Waals surface area contributed by atoms with Crippen molar-refractivity contribution < 1.29 is 14.3 Å². The van der Waals surface area contributed by atoms with E-state index in [1.807, 2.05) is 19.1 Å². The fourth-order valence-electron chi connectivity index (χ4n) is 3.63. The van der Waals surface area contributed by atoms with E-state index in [1.165, 1.54) is 24.6 Å². The molecule has 2 aliphatic rings. The van der Waals surface area contributed by atoms with Crippen LogP contribution in [0.4, 0.5) is 0 Å². The summed E-state index contributed by atoms with van der Waals surface area (Å²) in [5.74, 6) is 3.59. The number of nitrogens with one attached hydrogen (secondary N) is 1. The second-order valence-electron chi connectivity index (χ2n) is 7.56. The number of aromatic nitrogens is 3. The molecule has 0 saturated heterocycles. The second-order valence-corrected chi connectivity index (χ2v) is 8.50. The molecule has 2 heterocycles. The van der Waals surface area contributed by atoms with E-state index < -0.39 is 0 Å². The molecule has 1 amide bonds. The highest BCUT2D eigenvalue weighted by Crippen LogP contribution is 2.40. The molecule has 1 N–H and O–H groups in total. The number of carbonyl (C=O) groups is 1. The topological polar surface area (TPSA) is 78.3 Å². The lowest BCUT2D eigenvalue weighted by Crippen LogP contribution is -2.25. The van der Waals surface area contributed by atoms with Crippen LogP contribution in [0.25, 0.3) is 0 Å². The summed E-state index contributed by atoms with van der Waals surface area (Å²) in [5.41, 5.74) is 2.10. The summed E-state index contributed by atoms with van der Waals surface area (Å²) < 4.78 is 13.8. The van der Waals surface area contributed by atoms with E-state index >= 15 is 0 Å². The fourth-order valence-corrected chi connectivity index (χ4v) is 4.47. The molecule has 0 spiro atoms. The van der Waals surface area contributed by atoms with Gasteiger partial charge in [0.1, 0.15) is 23.4 Å². The van der Waals surface area contributed by atoms with E-state index in [4.69, 9.17) is 9.47 Å². The van der Waals surface area contributed by atoms with E-state index in [2.05, 4.69) is 33.9 Å². The Hall–Kier alpha value is -2.22. The maximum Gasteiger partial charge on any atom is 0.230 e. The lowest BCUT2D eigenvalue weighted by molar-refractivity contribution is -0.118. The van der Waals surface area contributed by atoms with Gasteiger partial charge in [-0.2, -0.15) is 0 Å². The van der Waals surface area contributed by atoms with E-state index in [9.17, 15) is 4.79 Å². The number of carbonyl (C=O) groups excluding carboxylic acids is 1. The minimum Gasteiger partial charge on any atom is -0.494 e. The first-order valence-electron chi connectivity index (χ1n) is 10.4. The molecule has 7 nitrogen and oxygen atoms in total. The van der Waals surface area contributed by atoms with Crippen molar-refractivity contribution in [2.45, 2.75) is 70.3 Å². The molecule has 1 aliphatic carbocycles. The van der Waals surface area contributed by atoms with Crippen molar-refractivity contribution in [3.63, 3.8) is 0 Å². The Morgan fingerprint density at radius 2 is 2.17 bits per heavy atom. The Labute approximate surface area is 175 Å². The molecule has 8 heteroatoms. The van der Waals surface area contributed by atoms with Crippen LogP contribution in [0.1, 0.15) is 56.5 Å². The average molecular weight is 417 g/mol. The highest BCUT2D eigenvalue weighted by molar-refractivity contribution is 7.99. The van der Waals surface area contributed by atoms with Crippen molar-refractivity contribution in [3.05, 3.63) is 29.1 Å². The molecule has 1 aliphatic heterocycles. The van der Waals surface area contributed by atoms with Crippen LogP contribution >= 0.6 is 11.8 Å². The molecule has 29 heavy (non-hydrogen) atoms. The van der Waals surface area contributed by atoms with Crippen LogP contribution in [-0.2, 0) is 24.3 Å². The molecule has 1 atom stereocenters. The van der Waals surface area contributed by atoms with Gasteiger partial charge in [-0.3, -0.25) is 4.79 Å². The molecule has 156 valence electrons. The van der Waals surface area contributed by atoms with Gasteiger partial charge >= 0.3 is 0 Å². The average Bonchev–Trinajstić information content (AvgIpc) is 3.36. The third-order valence-corrected chi connectivity index (χ3v) is 6.16. The summed E-state index contributed by atoms with van der Waals surface area (Å²) in [7, 11) is 0. The van der Waals surface area contributed by atoms with E-state index in [0.29, 0.717) is 24.8 Å². The van der Waals surface area contributed by atoms with Crippen LogP contribution < -0.4 is 14.8 Å². The first-order valence-corrected chi connectivity index (χ1v) is 11.3. The molecule has 4 rings (SSSR count). The summed E-state index contributed by atoms with van der Waals surface area (Å²) in [4.78, 5) is 12.4. The Morgan fingerprint density at radius 3 is 2.90 bits per heavy atom. The Morgan fingerprint density at radius 1 is 1.34 bits per heavy atom. The first kappa shape index (κ1) is 20.1. The second kappa shape index (κ2) is 8.65. The number of fused-ring (bicyclic) bond motifs is 1. The maximum absolute atomic E-state index is 12.4. The monoisotopic (exact) mass is 416 g/mol. The van der Waals surface area contributed by atoms with Crippen LogP contribution in [0.2, 0.25) is 0 Å². The van der Waals surface area contributed by atoms with Gasteiger partial charge in [0.05, 0.1) is 12.4 Å². The van der Waals surface area contributed by atoms with Crippen LogP contribution in [0, 0.1) is 0 Å². The molecule has 0 unspecified atom stereocenters. The number of benzene rings is 1. The normalized spacial score (nSPS) is 17.7. The van der Waals surface area contributed by atoms with Gasteiger partial charge in [0.2, 0.25) is 5.91 Å². The number of ether oxygens (including phenoxy) is 2. The lowest BCUT2D eigenvalue weighted by atomic mass is 10.1. The number of amides is 1. The maximum atomic E-state index is 12.4. The Balaban J connectivity index is 1.36. The van der Waals surface area contributed by atoms with E-state index in [1.54, 1.807) is 0 Å². The molecular weight excluding hydrogens is 388 g/mol. The molecule has 0 bridgehead atoms. The summed E-state index contributed by atoms with van der Waals surface area (Å²) in [5, 5.41) is 12.4. The zero-order valence-corrected chi connectivity index (χ0v) is 18.1. The zero-order chi connectivity index (χ0) is 20.4. The highest BCUT2D eigenvalue weighted by Gasteiger charge is 2.30. The summed E-state index contributed by atoms with van der Waals surface area (Å²) in [6.07, 6.45) is 3.44. The van der Waals surface area contributed by atoms with Crippen molar-refractivity contribution in [3.8, 4) is 11.5 Å². The van der Waals surface area contributed by atoms with Gasteiger partial charge in [-0.05, 0) is 45.7 Å². The highest BCUT2D eigenvalue weighted by atomic mass is 32.2. The van der Waals surface area contributed by atoms with Gasteiger partial charge in [-0.1, -0.05) is 11.8 Å². The molecule has 0 radical (unpaired) electrons. The number of thioether (sulfide) groups is 1. The van der Waals surface area contributed by atoms with Crippen molar-refractivity contribution in [2.75, 3.05) is 12.4 Å². The Bertz CT molecular complexity index is 894. The summed E-state index contributed by atoms with van der Waals surface area (Å²) >= 11 is 1.44. The standard InChI is InChI=1S/C21H28N4O3S/c1-4-25-20(14-6-7-14)23-24-21(25)29-12-19(26)22-11-16-10-18-15(8-13(3)28-18)9-17(16)27-5-2/h9-10,13-14H,4-8,11-12H2,1-3H3,(H,22,26)/t13-/m0/s1. The van der Waals surface area contributed by atoms with Gasteiger partial charge in [-0.25, -0.2) is 0 Å². The smallest absolute Gasteiger partial charge is 0.230 e. The van der Waals surface area contributed by atoms with Crippen LogP contribution in [0.5, 0.6) is 11.5 Å². The predicted molar refractivity (Wildman–Crippen MR) is 112 cm³/mol. The number of hydrogen-bond acceptors (Lipinski definition) is 6. The van der Waals surface area contributed by atoms with Gasteiger partial charge in [0, 0.05) is 36.6 Å². The third-order valence-electron chi connectivity index (χ3n) is 5.19. The van der Waals surface area contributed by atoms with E-state index in [0.717, 1.165) is 46.6 Å². The molecule has 1 fully saturated rings.